The molecule has 0 spiro atoms. The Morgan fingerprint density at radius 3 is 2.62 bits per heavy atom. The number of nitrogens with two attached hydrogens (primary N) is 2. The minimum Gasteiger partial charge on any atom is -0.329 e. The summed E-state index contributed by atoms with van der Waals surface area (Å²) in [5, 5.41) is 0. The van der Waals surface area contributed by atoms with Gasteiger partial charge in [0.25, 0.3) is 0 Å². The molecule has 0 aliphatic carbocycles. The van der Waals surface area contributed by atoms with Crippen molar-refractivity contribution in [3.05, 3.63) is 0 Å². The van der Waals surface area contributed by atoms with Gasteiger partial charge in [0, 0.05) is 19.0 Å². The standard InChI is InChI=1S/C5H12N2O/c6-4-5(7)2-1-3-8/h3,5H,1-2,4,6-7H2. The van der Waals surface area contributed by atoms with E-state index in [1.54, 1.807) is 0 Å². The molecular weight excluding hydrogens is 104 g/mol. The molecule has 0 aromatic rings. The Balaban J connectivity index is 2.97. The van der Waals surface area contributed by atoms with Crippen LogP contribution < -0.4 is 11.5 Å². The molecule has 48 valence electrons. The van der Waals surface area contributed by atoms with Crippen LogP contribution in [0.2, 0.25) is 0 Å². The molecule has 0 heterocycles. The average Bonchev–Trinajstić information content (AvgIpc) is 1.83. The Kier molecular flexibility index (Phi) is 4.50. The first-order valence-electron chi connectivity index (χ1n) is 2.70. The molecule has 8 heavy (non-hydrogen) atoms. The van der Waals surface area contributed by atoms with Gasteiger partial charge >= 0.3 is 0 Å². The third-order valence-electron chi connectivity index (χ3n) is 0.958. The van der Waals surface area contributed by atoms with Gasteiger partial charge in [0.15, 0.2) is 0 Å². The van der Waals surface area contributed by atoms with Gasteiger partial charge in [-0.15, -0.1) is 0 Å². The average molecular weight is 116 g/mol. The van der Waals surface area contributed by atoms with Gasteiger partial charge in [-0.05, 0) is 6.42 Å². The van der Waals surface area contributed by atoms with Crippen molar-refractivity contribution in [3.63, 3.8) is 0 Å². The maximum absolute atomic E-state index is 9.73. The Bertz CT molecular complexity index is 65.4. The SMILES string of the molecule is NCC(N)CCC=O. The molecule has 0 aliphatic heterocycles. The lowest BCUT2D eigenvalue weighted by atomic mass is 10.2. The zero-order valence-electron chi connectivity index (χ0n) is 4.84. The van der Waals surface area contributed by atoms with Crippen LogP contribution in [0.4, 0.5) is 0 Å². The zero-order valence-corrected chi connectivity index (χ0v) is 4.84. The van der Waals surface area contributed by atoms with Crippen LogP contribution in [0.1, 0.15) is 12.8 Å². The van der Waals surface area contributed by atoms with E-state index in [1.807, 2.05) is 0 Å². The number of aldehydes is 1. The smallest absolute Gasteiger partial charge is 0.120 e. The van der Waals surface area contributed by atoms with Crippen LogP contribution >= 0.6 is 0 Å². The lowest BCUT2D eigenvalue weighted by molar-refractivity contribution is -0.108. The molecule has 1 unspecified atom stereocenters. The molecule has 0 bridgehead atoms. The van der Waals surface area contributed by atoms with E-state index in [-0.39, 0.29) is 6.04 Å². The third kappa shape index (κ3) is 3.77. The van der Waals surface area contributed by atoms with Gasteiger partial charge in [-0.3, -0.25) is 0 Å². The monoisotopic (exact) mass is 116 g/mol. The van der Waals surface area contributed by atoms with Crippen molar-refractivity contribution in [1.29, 1.82) is 0 Å². The zero-order chi connectivity index (χ0) is 6.41. The molecule has 0 saturated carbocycles. The normalized spacial score (nSPS) is 13.2. The van der Waals surface area contributed by atoms with Gasteiger partial charge in [0.05, 0.1) is 0 Å². The molecule has 0 fully saturated rings. The van der Waals surface area contributed by atoms with Gasteiger partial charge in [0.1, 0.15) is 6.29 Å². The van der Waals surface area contributed by atoms with E-state index in [2.05, 4.69) is 0 Å². The summed E-state index contributed by atoms with van der Waals surface area (Å²) in [5.41, 5.74) is 10.5. The molecule has 0 aliphatic rings. The molecule has 0 radical (unpaired) electrons. The second kappa shape index (κ2) is 4.74. The van der Waals surface area contributed by atoms with Crippen molar-refractivity contribution in [2.45, 2.75) is 18.9 Å². The summed E-state index contributed by atoms with van der Waals surface area (Å²) in [5.74, 6) is 0. The highest BCUT2D eigenvalue weighted by atomic mass is 16.1. The predicted molar refractivity (Wildman–Crippen MR) is 32.3 cm³/mol. The van der Waals surface area contributed by atoms with Crippen LogP contribution in [0.3, 0.4) is 0 Å². The van der Waals surface area contributed by atoms with E-state index >= 15 is 0 Å². The summed E-state index contributed by atoms with van der Waals surface area (Å²) in [4.78, 5) is 9.73. The Morgan fingerprint density at radius 2 is 2.25 bits per heavy atom. The van der Waals surface area contributed by atoms with Gasteiger partial charge in [-0.25, -0.2) is 0 Å². The van der Waals surface area contributed by atoms with Crippen molar-refractivity contribution in [3.8, 4) is 0 Å². The molecule has 0 aromatic carbocycles. The molecule has 4 N–H and O–H groups in total. The molecule has 3 nitrogen and oxygen atoms in total. The first-order chi connectivity index (χ1) is 3.81. The first-order valence-corrected chi connectivity index (χ1v) is 2.70. The highest BCUT2D eigenvalue weighted by Gasteiger charge is 1.95. The molecule has 0 amide bonds. The molecular formula is C5H12N2O. The molecule has 0 aromatic heterocycles. The number of carbonyl (C=O) groups excluding carboxylic acids is 1. The number of rotatable bonds is 4. The Morgan fingerprint density at radius 1 is 1.62 bits per heavy atom. The Labute approximate surface area is 49.0 Å². The maximum atomic E-state index is 9.73. The molecule has 0 rings (SSSR count). The van der Waals surface area contributed by atoms with Crippen LogP contribution in [-0.4, -0.2) is 18.9 Å². The van der Waals surface area contributed by atoms with Crippen molar-refractivity contribution in [1.82, 2.24) is 0 Å². The highest BCUT2D eigenvalue weighted by Crippen LogP contribution is 1.87. The summed E-state index contributed by atoms with van der Waals surface area (Å²) >= 11 is 0. The van der Waals surface area contributed by atoms with E-state index < -0.39 is 0 Å². The molecule has 1 atom stereocenters. The quantitative estimate of drug-likeness (QED) is 0.475. The summed E-state index contributed by atoms with van der Waals surface area (Å²) in [7, 11) is 0. The van der Waals surface area contributed by atoms with Gasteiger partial charge < -0.3 is 16.3 Å². The number of carbonyl (C=O) groups is 1. The fraction of sp³-hybridized carbons (Fsp3) is 0.800. The van der Waals surface area contributed by atoms with Gasteiger partial charge in [-0.2, -0.15) is 0 Å². The van der Waals surface area contributed by atoms with Gasteiger partial charge in [0.2, 0.25) is 0 Å². The fourth-order valence-electron chi connectivity index (χ4n) is 0.400. The van der Waals surface area contributed by atoms with Crippen molar-refractivity contribution >= 4 is 6.29 Å². The van der Waals surface area contributed by atoms with Gasteiger partial charge in [-0.1, -0.05) is 0 Å². The van der Waals surface area contributed by atoms with E-state index in [4.69, 9.17) is 11.5 Å². The molecule has 3 heteroatoms. The lowest BCUT2D eigenvalue weighted by Crippen LogP contribution is -2.29. The minimum atomic E-state index is 0.000185. The van der Waals surface area contributed by atoms with E-state index in [0.717, 1.165) is 6.29 Å². The summed E-state index contributed by atoms with van der Waals surface area (Å²) in [6.07, 6.45) is 2.09. The van der Waals surface area contributed by atoms with E-state index in [9.17, 15) is 4.79 Å². The van der Waals surface area contributed by atoms with E-state index in [0.29, 0.717) is 19.4 Å². The van der Waals surface area contributed by atoms with Crippen molar-refractivity contribution in [2.24, 2.45) is 11.5 Å². The topological polar surface area (TPSA) is 69.1 Å². The summed E-state index contributed by atoms with van der Waals surface area (Å²) in [6, 6.07) is 0.000185. The van der Waals surface area contributed by atoms with Crippen LogP contribution in [-0.2, 0) is 4.79 Å². The van der Waals surface area contributed by atoms with Crippen LogP contribution in [0, 0.1) is 0 Å². The fourth-order valence-corrected chi connectivity index (χ4v) is 0.400. The second-order valence-electron chi connectivity index (χ2n) is 1.74. The molecule has 0 saturated heterocycles. The van der Waals surface area contributed by atoms with Crippen molar-refractivity contribution < 1.29 is 4.79 Å². The van der Waals surface area contributed by atoms with Crippen LogP contribution in [0.15, 0.2) is 0 Å². The van der Waals surface area contributed by atoms with Crippen molar-refractivity contribution in [2.75, 3.05) is 6.54 Å². The van der Waals surface area contributed by atoms with Crippen LogP contribution in [0.5, 0.6) is 0 Å². The largest absolute Gasteiger partial charge is 0.329 e. The van der Waals surface area contributed by atoms with Crippen LogP contribution in [0.25, 0.3) is 0 Å². The summed E-state index contributed by atoms with van der Waals surface area (Å²) < 4.78 is 0. The third-order valence-corrected chi connectivity index (χ3v) is 0.958. The maximum Gasteiger partial charge on any atom is 0.120 e. The second-order valence-corrected chi connectivity index (χ2v) is 1.74. The first kappa shape index (κ1) is 7.59. The predicted octanol–water partition coefficient (Wildman–Crippen LogP) is -0.749. The summed E-state index contributed by atoms with van der Waals surface area (Å²) in [6.45, 7) is 0.466. The Hall–Kier alpha value is -0.410. The number of hydrogen-bond donors (Lipinski definition) is 2. The number of hydrogen-bond acceptors (Lipinski definition) is 3. The minimum absolute atomic E-state index is 0.000185. The lowest BCUT2D eigenvalue weighted by Gasteiger charge is -2.02. The van der Waals surface area contributed by atoms with E-state index in [1.165, 1.54) is 0 Å². The highest BCUT2D eigenvalue weighted by molar-refractivity contribution is 5.49.